The molecule has 164 valence electrons. The van der Waals surface area contributed by atoms with Gasteiger partial charge >= 0.3 is 6.36 Å². The van der Waals surface area contributed by atoms with Crippen LogP contribution < -0.4 is 14.2 Å². The molecule has 3 aromatic carbocycles. The van der Waals surface area contributed by atoms with Crippen LogP contribution in [0.25, 0.3) is 11.0 Å². The Bertz CT molecular complexity index is 1270. The number of fused-ring (bicyclic) bond motifs is 2. The van der Waals surface area contributed by atoms with E-state index >= 15 is 0 Å². The summed E-state index contributed by atoms with van der Waals surface area (Å²) in [6, 6.07) is 18.5. The molecule has 1 atom stereocenters. The number of ether oxygens (including phenoxy) is 3. The fraction of sp³-hybridized carbons (Fsp3) is 0.174. The van der Waals surface area contributed by atoms with Crippen molar-refractivity contribution in [1.82, 2.24) is 9.55 Å². The molecule has 1 unspecified atom stereocenters. The monoisotopic (exact) mass is 460 g/mol. The minimum absolute atomic E-state index is 0.270. The van der Waals surface area contributed by atoms with Gasteiger partial charge in [-0.05, 0) is 48.0 Å². The van der Waals surface area contributed by atoms with Gasteiger partial charge in [-0.1, -0.05) is 35.9 Å². The van der Waals surface area contributed by atoms with Gasteiger partial charge in [-0.15, -0.1) is 13.2 Å². The van der Waals surface area contributed by atoms with Gasteiger partial charge in [0.1, 0.15) is 12.4 Å². The molecule has 1 aliphatic rings. The fourth-order valence-corrected chi connectivity index (χ4v) is 3.83. The Morgan fingerprint density at radius 3 is 2.53 bits per heavy atom. The number of hydrogen-bond donors (Lipinski definition) is 0. The summed E-state index contributed by atoms with van der Waals surface area (Å²) in [5.74, 6) is 1.64. The molecule has 0 radical (unpaired) electrons. The highest BCUT2D eigenvalue weighted by atomic mass is 35.5. The number of hydrogen-bond acceptors (Lipinski definition) is 4. The van der Waals surface area contributed by atoms with Crippen molar-refractivity contribution in [3.63, 3.8) is 0 Å². The van der Waals surface area contributed by atoms with Crippen molar-refractivity contribution in [2.75, 3.05) is 6.61 Å². The third-order valence-electron chi connectivity index (χ3n) is 5.03. The van der Waals surface area contributed by atoms with E-state index in [1.165, 1.54) is 12.1 Å². The van der Waals surface area contributed by atoms with Crippen LogP contribution in [0.2, 0.25) is 5.02 Å². The van der Waals surface area contributed by atoms with Gasteiger partial charge in [-0.3, -0.25) is 0 Å². The topological polar surface area (TPSA) is 45.5 Å². The van der Waals surface area contributed by atoms with Crippen molar-refractivity contribution in [3.05, 3.63) is 83.1 Å². The SMILES string of the molecule is FC(F)(F)Oc1ccc(Cn2c(C3COc4ccccc4O3)nc3cc(Cl)ccc32)cc1. The molecule has 32 heavy (non-hydrogen) atoms. The minimum Gasteiger partial charge on any atom is -0.485 e. The van der Waals surface area contributed by atoms with Crippen molar-refractivity contribution in [2.45, 2.75) is 19.0 Å². The van der Waals surface area contributed by atoms with Gasteiger partial charge in [0.05, 0.1) is 11.0 Å². The van der Waals surface area contributed by atoms with Crippen LogP contribution in [0, 0.1) is 0 Å². The van der Waals surface area contributed by atoms with Crippen LogP contribution >= 0.6 is 11.6 Å². The zero-order valence-electron chi connectivity index (χ0n) is 16.5. The molecule has 5 rings (SSSR count). The average Bonchev–Trinajstić information content (AvgIpc) is 3.11. The Morgan fingerprint density at radius 1 is 1.03 bits per heavy atom. The third kappa shape index (κ3) is 4.18. The number of imidazole rings is 1. The molecule has 1 aliphatic heterocycles. The largest absolute Gasteiger partial charge is 0.573 e. The molecule has 0 fully saturated rings. The first-order chi connectivity index (χ1) is 15.4. The van der Waals surface area contributed by atoms with E-state index in [9.17, 15) is 13.2 Å². The zero-order chi connectivity index (χ0) is 22.3. The highest BCUT2D eigenvalue weighted by molar-refractivity contribution is 6.31. The first-order valence-corrected chi connectivity index (χ1v) is 10.1. The van der Waals surface area contributed by atoms with Crippen LogP contribution in [0.1, 0.15) is 17.5 Å². The molecule has 0 spiro atoms. The normalized spacial score (nSPS) is 15.7. The molecule has 0 bridgehead atoms. The molecule has 0 amide bonds. The van der Waals surface area contributed by atoms with E-state index < -0.39 is 12.5 Å². The Hall–Kier alpha value is -3.39. The molecule has 4 aromatic rings. The van der Waals surface area contributed by atoms with Gasteiger partial charge in [0, 0.05) is 11.6 Å². The highest BCUT2D eigenvalue weighted by Gasteiger charge is 2.31. The van der Waals surface area contributed by atoms with Crippen molar-refractivity contribution in [3.8, 4) is 17.2 Å². The summed E-state index contributed by atoms with van der Waals surface area (Å²) in [6.07, 6.45) is -5.20. The number of rotatable bonds is 4. The summed E-state index contributed by atoms with van der Waals surface area (Å²) < 4.78 is 55.2. The summed E-state index contributed by atoms with van der Waals surface area (Å²) in [5.41, 5.74) is 2.28. The standard InChI is InChI=1S/C23H16ClF3N2O3/c24-15-7-10-18-17(11-15)28-22(21-13-30-19-3-1-2-4-20(19)31-21)29(18)12-14-5-8-16(9-6-14)32-23(25,26)27/h1-11,21H,12-13H2. The number of nitrogens with zero attached hydrogens (tertiary/aromatic N) is 2. The number of halogens is 4. The molecule has 0 saturated heterocycles. The van der Waals surface area contributed by atoms with Gasteiger partial charge in [-0.25, -0.2) is 4.98 Å². The van der Waals surface area contributed by atoms with E-state index in [0.717, 1.165) is 11.1 Å². The second-order valence-corrected chi connectivity index (χ2v) is 7.68. The minimum atomic E-state index is -4.73. The maximum absolute atomic E-state index is 12.4. The first-order valence-electron chi connectivity index (χ1n) is 9.74. The number of aromatic nitrogens is 2. The quantitative estimate of drug-likeness (QED) is 0.366. The second-order valence-electron chi connectivity index (χ2n) is 7.25. The molecule has 9 heteroatoms. The predicted octanol–water partition coefficient (Wildman–Crippen LogP) is 6.15. The van der Waals surface area contributed by atoms with Crippen LogP contribution in [0.3, 0.4) is 0 Å². The van der Waals surface area contributed by atoms with Crippen LogP contribution in [0.4, 0.5) is 13.2 Å². The van der Waals surface area contributed by atoms with E-state index in [2.05, 4.69) is 4.74 Å². The lowest BCUT2D eigenvalue weighted by atomic mass is 10.2. The fourth-order valence-electron chi connectivity index (χ4n) is 3.66. The Morgan fingerprint density at radius 2 is 1.78 bits per heavy atom. The van der Waals surface area contributed by atoms with Crippen molar-refractivity contribution in [1.29, 1.82) is 0 Å². The van der Waals surface area contributed by atoms with Crippen molar-refractivity contribution in [2.24, 2.45) is 0 Å². The maximum Gasteiger partial charge on any atom is 0.573 e. The predicted molar refractivity (Wildman–Crippen MR) is 112 cm³/mol. The summed E-state index contributed by atoms with van der Waals surface area (Å²) in [5, 5.41) is 0.550. The Kier molecular flexibility index (Phi) is 5.09. The first kappa shape index (κ1) is 20.5. The van der Waals surface area contributed by atoms with Gasteiger partial charge in [0.15, 0.2) is 23.4 Å². The van der Waals surface area contributed by atoms with Crippen molar-refractivity contribution < 1.29 is 27.4 Å². The molecule has 5 nitrogen and oxygen atoms in total. The lowest BCUT2D eigenvalue weighted by molar-refractivity contribution is -0.274. The van der Waals surface area contributed by atoms with Crippen molar-refractivity contribution >= 4 is 22.6 Å². The van der Waals surface area contributed by atoms with Gasteiger partial charge in [-0.2, -0.15) is 0 Å². The summed E-state index contributed by atoms with van der Waals surface area (Å²) in [4.78, 5) is 4.73. The summed E-state index contributed by atoms with van der Waals surface area (Å²) >= 11 is 6.15. The molecule has 0 saturated carbocycles. The van der Waals surface area contributed by atoms with Gasteiger partial charge in [0.25, 0.3) is 0 Å². The lowest BCUT2D eigenvalue weighted by Gasteiger charge is -2.26. The number of alkyl halides is 3. The molecule has 0 N–H and O–H groups in total. The molecule has 0 aliphatic carbocycles. The van der Waals surface area contributed by atoms with Crippen LogP contribution in [-0.2, 0) is 6.54 Å². The molecular weight excluding hydrogens is 445 g/mol. The average molecular weight is 461 g/mol. The second kappa shape index (κ2) is 7.94. The van der Waals surface area contributed by atoms with E-state index in [-0.39, 0.29) is 12.4 Å². The van der Waals surface area contributed by atoms with Gasteiger partial charge in [0.2, 0.25) is 0 Å². The molecule has 2 heterocycles. The van der Waals surface area contributed by atoms with Crippen LogP contribution in [0.5, 0.6) is 17.2 Å². The molecule has 1 aromatic heterocycles. The van der Waals surface area contributed by atoms with Crippen LogP contribution in [-0.4, -0.2) is 22.5 Å². The number of benzene rings is 3. The summed E-state index contributed by atoms with van der Waals surface area (Å²) in [7, 11) is 0. The van der Waals surface area contributed by atoms with E-state index in [1.54, 1.807) is 24.3 Å². The van der Waals surface area contributed by atoms with E-state index in [4.69, 9.17) is 26.1 Å². The molecular formula is C23H16ClF3N2O3. The maximum atomic E-state index is 12.4. The summed E-state index contributed by atoms with van der Waals surface area (Å²) in [6.45, 7) is 0.633. The Balaban J connectivity index is 1.49. The highest BCUT2D eigenvalue weighted by Crippen LogP contribution is 2.37. The van der Waals surface area contributed by atoms with E-state index in [1.807, 2.05) is 34.9 Å². The van der Waals surface area contributed by atoms with Crippen LogP contribution in [0.15, 0.2) is 66.7 Å². The lowest BCUT2D eigenvalue weighted by Crippen LogP contribution is -2.25. The van der Waals surface area contributed by atoms with E-state index in [0.29, 0.717) is 34.4 Å². The third-order valence-corrected chi connectivity index (χ3v) is 5.27. The zero-order valence-corrected chi connectivity index (χ0v) is 17.2. The Labute approximate surface area is 185 Å². The smallest absolute Gasteiger partial charge is 0.485 e. The van der Waals surface area contributed by atoms with Gasteiger partial charge < -0.3 is 18.8 Å². The number of para-hydroxylation sites is 2.